The van der Waals surface area contributed by atoms with Crippen LogP contribution in [0.15, 0.2) is 128 Å². The van der Waals surface area contributed by atoms with E-state index in [0.717, 1.165) is 128 Å². The second-order valence-electron chi connectivity index (χ2n) is 30.4. The molecule has 2 unspecified atom stereocenters. The van der Waals surface area contributed by atoms with E-state index in [9.17, 15) is 85.0 Å². The van der Waals surface area contributed by atoms with Gasteiger partial charge in [-0.05, 0) is 212 Å². The molecule has 0 bridgehead atoms. The summed E-state index contributed by atoms with van der Waals surface area (Å²) in [5.74, 6) is -0.935. The predicted octanol–water partition coefficient (Wildman–Crippen LogP) is 9.88. The normalized spacial score (nSPS) is 31.3. The number of nitrogens with one attached hydrogen (secondary N) is 1. The number of phosphoric ester groups is 2. The summed E-state index contributed by atoms with van der Waals surface area (Å²) >= 11 is 0. The van der Waals surface area contributed by atoms with Crippen molar-refractivity contribution in [3.63, 3.8) is 0 Å². The molecule has 4 fully saturated rings. The molecule has 0 aromatic heterocycles. The monoisotopic (exact) mass is 1620 g/mol. The zero-order chi connectivity index (χ0) is 82.7. The number of ether oxygens (including phenoxy) is 7. The first kappa shape index (κ1) is 99.5. The molecule has 1 amide bonds. The molecule has 0 saturated carbocycles. The van der Waals surface area contributed by atoms with E-state index in [2.05, 4.69) is 147 Å². The van der Waals surface area contributed by atoms with Crippen molar-refractivity contribution in [3.05, 3.63) is 128 Å². The topological polar surface area (TPSA) is 439 Å². The number of aliphatic hydroxyl groups is 12. The number of hydrogen-bond acceptors (Lipinski definition) is 25. The molecule has 4 saturated heterocycles. The third kappa shape index (κ3) is 36.3. The Bertz CT molecular complexity index is 3260. The highest BCUT2D eigenvalue weighted by atomic mass is 31.3. The van der Waals surface area contributed by atoms with Gasteiger partial charge >= 0.3 is 15.6 Å². The third-order valence-corrected chi connectivity index (χ3v) is 22.7. The van der Waals surface area contributed by atoms with Gasteiger partial charge in [0, 0.05) is 6.92 Å². The number of rotatable bonds is 48. The van der Waals surface area contributed by atoms with Crippen molar-refractivity contribution in [2.24, 2.45) is 0 Å². The molecule has 0 spiro atoms. The number of aliphatic hydroxyl groups excluding tert-OH is 12. The van der Waals surface area contributed by atoms with Gasteiger partial charge in [0.1, 0.15) is 97.6 Å². The molecular formula is C81H135NO27P2. The first-order valence-corrected chi connectivity index (χ1v) is 42.1. The minimum Gasteiger partial charge on any atom is -0.394 e. The summed E-state index contributed by atoms with van der Waals surface area (Å²) in [7, 11) is -11.3. The summed E-state index contributed by atoms with van der Waals surface area (Å²) < 4.78 is 80.7. The van der Waals surface area contributed by atoms with Crippen molar-refractivity contribution >= 4 is 21.6 Å². The van der Waals surface area contributed by atoms with Crippen LogP contribution in [0.2, 0.25) is 0 Å². The number of hydrogen-bond donors (Lipinski definition) is 15. The van der Waals surface area contributed by atoms with Crippen molar-refractivity contribution in [3.8, 4) is 0 Å². The highest BCUT2D eigenvalue weighted by Crippen LogP contribution is 2.61. The Morgan fingerprint density at radius 3 is 0.892 bits per heavy atom. The molecule has 0 radical (unpaired) electrons. The van der Waals surface area contributed by atoms with Crippen LogP contribution in [0.4, 0.5) is 0 Å². The first-order chi connectivity index (χ1) is 52.4. The molecule has 4 aliphatic rings. The average molecular weight is 1620 g/mol. The van der Waals surface area contributed by atoms with E-state index in [-0.39, 0.29) is 0 Å². The summed E-state index contributed by atoms with van der Waals surface area (Å²) in [6, 6.07) is -1.96. The third-order valence-electron chi connectivity index (χ3n) is 20.1. The zero-order valence-electron chi connectivity index (χ0n) is 67.5. The SMILES string of the molecule is CC(=O)N[C@H]1[C@@H](OP(=O)(O)OP(=O)(O)OC/C=C(/C)CC/C=C(/C)CC/C=C(/C)CC/C=C(/C)CC/C=C(/C)CC/C=C(/C)CC/C=C(/C)CC/C=C(/C)CC/C=C(\C)CC/C=C(\C)CCC=C(C)C)O[C@H](CO)[C@@H](O)[C@@H]1O[C@H]1O[C@H](CO)[C@@H](O)[C@H](O[C@H]2O[C@H](CO)[C@@H](O)[C@H](O[C@H]3O[C@H](CO)[C@@H](O)[C@H](O)[C@@H]3O)[C@@H]2O)[C@@H]1O. The Morgan fingerprint density at radius 1 is 0.333 bits per heavy atom. The maximum absolute atomic E-state index is 13.5. The fourth-order valence-corrected chi connectivity index (χ4v) is 15.2. The average Bonchev–Trinajstić information content (AvgIpc) is 0.767. The molecule has 111 heavy (non-hydrogen) atoms. The van der Waals surface area contributed by atoms with Gasteiger partial charge in [0.05, 0.1) is 33.0 Å². The number of allylic oxidation sites excluding steroid dienone is 21. The lowest BCUT2D eigenvalue weighted by Gasteiger charge is -2.49. The smallest absolute Gasteiger partial charge is 0.394 e. The minimum absolute atomic E-state index is 0.544. The quantitative estimate of drug-likeness (QED) is 0.0199. The van der Waals surface area contributed by atoms with Gasteiger partial charge in [-0.1, -0.05) is 128 Å². The van der Waals surface area contributed by atoms with Crippen molar-refractivity contribution < 1.29 is 132 Å². The Labute approximate surface area is 657 Å². The first-order valence-electron chi connectivity index (χ1n) is 39.1. The largest absolute Gasteiger partial charge is 0.483 e. The van der Waals surface area contributed by atoms with Gasteiger partial charge in [0.15, 0.2) is 25.2 Å². The summed E-state index contributed by atoms with van der Waals surface area (Å²) in [4.78, 5) is 34.1. The lowest BCUT2D eigenvalue weighted by atomic mass is 9.95. The molecule has 4 rings (SSSR count). The van der Waals surface area contributed by atoms with Gasteiger partial charge < -0.3 is 110 Å². The molecule has 4 heterocycles. The van der Waals surface area contributed by atoms with Gasteiger partial charge in [-0.25, -0.2) is 9.13 Å². The second kappa shape index (κ2) is 51.3. The highest BCUT2D eigenvalue weighted by Gasteiger charge is 2.57. The molecular weight excluding hydrogens is 1480 g/mol. The van der Waals surface area contributed by atoms with Gasteiger partial charge in [0.25, 0.3) is 0 Å². The van der Waals surface area contributed by atoms with Gasteiger partial charge in [-0.2, -0.15) is 4.31 Å². The molecule has 15 N–H and O–H groups in total. The molecule has 4 aliphatic heterocycles. The maximum atomic E-state index is 13.5. The van der Waals surface area contributed by atoms with Gasteiger partial charge in [0.2, 0.25) is 5.91 Å². The Hall–Kier alpha value is -3.89. The summed E-state index contributed by atoms with van der Waals surface area (Å²) in [6.45, 7) is 22.4. The molecule has 30 heteroatoms. The number of carbonyl (C=O) groups is 1. The van der Waals surface area contributed by atoms with E-state index in [1.807, 2.05) is 0 Å². The standard InChI is InChI=1S/C81H135NO27P2/c1-50(2)24-14-25-51(3)26-15-27-52(4)28-16-29-53(5)30-17-31-54(6)32-18-33-55(7)34-19-35-56(8)36-20-37-57(9)38-21-39-58(10)40-22-41-59(11)42-23-43-60(12)44-45-100-110(96,97)109-111(98,99)108-78-66(82-61(13)87)75(68(89)63(47-84)101-78)105-80-73(94)77(70(91)64(48-85)103-80)107-81-74(95)76(69(90)65(49-86)104-81)106-79-72(93)71(92)67(88)62(46-83)102-79/h24,26,28,30,32,34,36,38,40,42,44,62-81,83-86,88-95H,14-23,25,27,29,31,33,35,37,39,41,43,45-49H2,1-13H3,(H,82,87)(H,96,97)(H,98,99)/b51-26+,52-28+,53-30-,54-32-,55-34-,56-36-,57-38-,58-40-,59-42-,60-44-/t62-,63-,64-,65-,66-,67-,68-,69-,70-,71+,72+,73+,74+,75-,76+,77+,78-,79-,80-,81-/m1/s1. The lowest BCUT2D eigenvalue weighted by molar-refractivity contribution is -0.386. The van der Waals surface area contributed by atoms with Crippen molar-refractivity contribution in [1.82, 2.24) is 5.32 Å². The van der Waals surface area contributed by atoms with Crippen LogP contribution < -0.4 is 5.32 Å². The van der Waals surface area contributed by atoms with E-state index < -0.39 is 177 Å². The second-order valence-corrected chi connectivity index (χ2v) is 33.4. The van der Waals surface area contributed by atoms with Crippen LogP contribution in [0.3, 0.4) is 0 Å². The predicted molar refractivity (Wildman–Crippen MR) is 420 cm³/mol. The van der Waals surface area contributed by atoms with E-state index in [4.69, 9.17) is 42.2 Å². The van der Waals surface area contributed by atoms with Crippen LogP contribution in [0.1, 0.15) is 218 Å². The summed E-state index contributed by atoms with van der Waals surface area (Å²) in [5, 5.41) is 131. The summed E-state index contributed by atoms with van der Waals surface area (Å²) in [6.07, 6.45) is 7.62. The van der Waals surface area contributed by atoms with E-state index >= 15 is 0 Å². The van der Waals surface area contributed by atoms with Crippen LogP contribution >= 0.6 is 15.6 Å². The van der Waals surface area contributed by atoms with Crippen molar-refractivity contribution in [2.45, 2.75) is 341 Å². The van der Waals surface area contributed by atoms with E-state index in [1.165, 1.54) is 61.8 Å². The van der Waals surface area contributed by atoms with Crippen LogP contribution in [-0.2, 0) is 60.4 Å². The lowest BCUT2D eigenvalue weighted by Crippen LogP contribution is -2.69. The van der Waals surface area contributed by atoms with Crippen LogP contribution in [0, 0.1) is 0 Å². The fourth-order valence-electron chi connectivity index (χ4n) is 13.1. The van der Waals surface area contributed by atoms with E-state index in [1.54, 1.807) is 6.92 Å². The van der Waals surface area contributed by atoms with Gasteiger partial charge in [-0.3, -0.25) is 13.8 Å². The zero-order valence-corrected chi connectivity index (χ0v) is 69.3. The number of amides is 1. The molecule has 636 valence electrons. The van der Waals surface area contributed by atoms with E-state index in [0.29, 0.717) is 12.8 Å². The Morgan fingerprint density at radius 2 is 0.595 bits per heavy atom. The molecule has 0 aromatic rings. The summed E-state index contributed by atoms with van der Waals surface area (Å²) in [5.41, 5.74) is 14.9. The van der Waals surface area contributed by atoms with Crippen LogP contribution in [0.25, 0.3) is 0 Å². The maximum Gasteiger partial charge on any atom is 0.483 e. The van der Waals surface area contributed by atoms with Crippen LogP contribution in [0.5, 0.6) is 0 Å². The molecule has 28 nitrogen and oxygen atoms in total. The highest BCUT2D eigenvalue weighted by molar-refractivity contribution is 7.61. The van der Waals surface area contributed by atoms with Crippen molar-refractivity contribution in [1.29, 1.82) is 0 Å². The molecule has 0 aromatic carbocycles. The number of phosphoric acid groups is 2. The van der Waals surface area contributed by atoms with Gasteiger partial charge in [-0.15, -0.1) is 0 Å². The van der Waals surface area contributed by atoms with Crippen molar-refractivity contribution in [2.75, 3.05) is 33.0 Å². The number of carbonyl (C=O) groups excluding carboxylic acids is 1. The Balaban J connectivity index is 1.18. The molecule has 0 aliphatic carbocycles. The Kier molecular flexibility index (Phi) is 46.0. The molecule has 22 atom stereocenters. The van der Waals surface area contributed by atoms with Crippen LogP contribution in [-0.4, -0.2) is 233 Å². The fraction of sp³-hybridized carbons (Fsp3) is 0.716. The minimum atomic E-state index is -5.83.